The van der Waals surface area contributed by atoms with Crippen LogP contribution in [0.25, 0.3) is 0 Å². The van der Waals surface area contributed by atoms with Gasteiger partial charge in [0.1, 0.15) is 0 Å². The van der Waals surface area contributed by atoms with E-state index in [1.807, 2.05) is 31.1 Å². The first-order valence-electron chi connectivity index (χ1n) is 5.33. The molecule has 1 aromatic carbocycles. The fourth-order valence-electron chi connectivity index (χ4n) is 1.31. The molecule has 0 aliphatic rings. The molecule has 17 heavy (non-hydrogen) atoms. The van der Waals surface area contributed by atoms with Crippen molar-refractivity contribution in [3.05, 3.63) is 24.3 Å². The molecule has 1 rings (SSSR count). The number of benzene rings is 1. The van der Waals surface area contributed by atoms with E-state index in [1.54, 1.807) is 12.1 Å². The zero-order chi connectivity index (χ0) is 12.9. The summed E-state index contributed by atoms with van der Waals surface area (Å²) < 4.78 is 25.6. The van der Waals surface area contributed by atoms with Gasteiger partial charge in [0.15, 0.2) is 0 Å². The Morgan fingerprint density at radius 3 is 2.29 bits per heavy atom. The number of hydrogen-bond donors (Lipinski definition) is 2. The van der Waals surface area contributed by atoms with Crippen molar-refractivity contribution < 1.29 is 13.5 Å². The summed E-state index contributed by atoms with van der Waals surface area (Å²) >= 11 is 0. The van der Waals surface area contributed by atoms with Gasteiger partial charge < -0.3 is 10.0 Å². The molecule has 5 nitrogen and oxygen atoms in total. The van der Waals surface area contributed by atoms with Crippen molar-refractivity contribution in [2.24, 2.45) is 0 Å². The molecule has 0 aromatic heterocycles. The summed E-state index contributed by atoms with van der Waals surface area (Å²) in [6.45, 7) is -0.125. The molecule has 0 heterocycles. The predicted molar refractivity (Wildman–Crippen MR) is 69.9 cm³/mol. The van der Waals surface area contributed by atoms with Gasteiger partial charge >= 0.3 is 0 Å². The Balaban J connectivity index is 2.69. The molecule has 0 fully saturated rings. The Morgan fingerprint density at radius 2 is 1.82 bits per heavy atom. The molecule has 0 unspecified atom stereocenters. The maximum Gasteiger partial charge on any atom is 0.232 e. The number of sulfonamides is 1. The number of nitrogens with one attached hydrogen (secondary N) is 1. The molecule has 2 N–H and O–H groups in total. The number of aliphatic hydroxyl groups excluding tert-OH is 1. The standard InChI is InChI=1S/C11H18N2O3S/c1-13(2)11-6-4-10(5-7-11)12-17(15,16)9-3-8-14/h4-7,12,14H,3,8-9H2,1-2H3. The van der Waals surface area contributed by atoms with Gasteiger partial charge in [0.2, 0.25) is 10.0 Å². The van der Waals surface area contributed by atoms with E-state index in [2.05, 4.69) is 4.72 Å². The molecule has 0 radical (unpaired) electrons. The molecule has 0 aliphatic carbocycles. The third kappa shape index (κ3) is 4.62. The Morgan fingerprint density at radius 1 is 1.24 bits per heavy atom. The van der Waals surface area contributed by atoms with Gasteiger partial charge in [-0.1, -0.05) is 0 Å². The van der Waals surface area contributed by atoms with Crippen LogP contribution >= 0.6 is 0 Å². The van der Waals surface area contributed by atoms with Crippen molar-refractivity contribution in [3.63, 3.8) is 0 Å². The summed E-state index contributed by atoms with van der Waals surface area (Å²) in [5, 5.41) is 8.60. The number of anilines is 2. The Hall–Kier alpha value is -1.27. The topological polar surface area (TPSA) is 69.6 Å². The van der Waals surface area contributed by atoms with Crippen LogP contribution in [0.5, 0.6) is 0 Å². The SMILES string of the molecule is CN(C)c1ccc(NS(=O)(=O)CCCO)cc1. The lowest BCUT2D eigenvalue weighted by Crippen LogP contribution is -2.17. The largest absolute Gasteiger partial charge is 0.396 e. The van der Waals surface area contributed by atoms with Gasteiger partial charge in [-0.3, -0.25) is 4.72 Å². The van der Waals surface area contributed by atoms with Gasteiger partial charge in [0.05, 0.1) is 5.75 Å². The van der Waals surface area contributed by atoms with E-state index in [-0.39, 0.29) is 18.8 Å². The van der Waals surface area contributed by atoms with Crippen LogP contribution in [-0.2, 0) is 10.0 Å². The second kappa shape index (κ2) is 5.88. The summed E-state index contributed by atoms with van der Waals surface area (Å²) in [5.41, 5.74) is 1.54. The van der Waals surface area contributed by atoms with Crippen LogP contribution in [0.1, 0.15) is 6.42 Å². The van der Waals surface area contributed by atoms with E-state index < -0.39 is 10.0 Å². The van der Waals surface area contributed by atoms with Crippen molar-refractivity contribution >= 4 is 21.4 Å². The van der Waals surface area contributed by atoms with E-state index in [0.717, 1.165) is 5.69 Å². The summed E-state index contributed by atoms with van der Waals surface area (Å²) in [6.07, 6.45) is 0.241. The Bertz CT molecular complexity index is 440. The second-order valence-electron chi connectivity index (χ2n) is 3.94. The van der Waals surface area contributed by atoms with E-state index in [0.29, 0.717) is 5.69 Å². The Labute approximate surface area is 102 Å². The molecule has 0 amide bonds. The van der Waals surface area contributed by atoms with Gasteiger partial charge in [-0.15, -0.1) is 0 Å². The second-order valence-corrected chi connectivity index (χ2v) is 5.78. The zero-order valence-electron chi connectivity index (χ0n) is 10.0. The van der Waals surface area contributed by atoms with Crippen LogP contribution in [0, 0.1) is 0 Å². The van der Waals surface area contributed by atoms with Crippen molar-refractivity contribution in [2.45, 2.75) is 6.42 Å². The molecular weight excluding hydrogens is 240 g/mol. The van der Waals surface area contributed by atoms with Gasteiger partial charge in [-0.05, 0) is 30.7 Å². The van der Waals surface area contributed by atoms with Crippen molar-refractivity contribution in [1.82, 2.24) is 0 Å². The predicted octanol–water partition coefficient (Wildman–Crippen LogP) is 0.877. The molecule has 0 saturated carbocycles. The lowest BCUT2D eigenvalue weighted by Gasteiger charge is -2.13. The summed E-state index contributed by atoms with van der Waals surface area (Å²) in [5.74, 6) is -0.0705. The molecular formula is C11H18N2O3S. The third-order valence-corrected chi connectivity index (χ3v) is 3.60. The summed E-state index contributed by atoms with van der Waals surface area (Å²) in [6, 6.07) is 7.10. The minimum absolute atomic E-state index is 0.0705. The van der Waals surface area contributed by atoms with Crippen LogP contribution in [0.4, 0.5) is 11.4 Å². The van der Waals surface area contributed by atoms with E-state index in [1.165, 1.54) is 0 Å². The van der Waals surface area contributed by atoms with Crippen LogP contribution in [0.15, 0.2) is 24.3 Å². The molecule has 96 valence electrons. The normalized spacial score (nSPS) is 11.2. The lowest BCUT2D eigenvalue weighted by atomic mass is 10.3. The molecule has 0 aliphatic heterocycles. The minimum atomic E-state index is -3.35. The highest BCUT2D eigenvalue weighted by atomic mass is 32.2. The fraction of sp³-hybridized carbons (Fsp3) is 0.455. The minimum Gasteiger partial charge on any atom is -0.396 e. The summed E-state index contributed by atoms with van der Waals surface area (Å²) in [4.78, 5) is 1.93. The molecule has 6 heteroatoms. The van der Waals surface area contributed by atoms with Crippen molar-refractivity contribution in [1.29, 1.82) is 0 Å². The van der Waals surface area contributed by atoms with Crippen LogP contribution in [0.3, 0.4) is 0 Å². The highest BCUT2D eigenvalue weighted by Crippen LogP contribution is 2.16. The maximum absolute atomic E-state index is 11.5. The number of rotatable bonds is 6. The average molecular weight is 258 g/mol. The monoisotopic (exact) mass is 258 g/mol. The quantitative estimate of drug-likeness (QED) is 0.794. The smallest absolute Gasteiger partial charge is 0.232 e. The third-order valence-electron chi connectivity index (χ3n) is 2.23. The molecule has 0 bridgehead atoms. The highest BCUT2D eigenvalue weighted by Gasteiger charge is 2.09. The fourth-order valence-corrected chi connectivity index (χ4v) is 2.42. The van der Waals surface area contributed by atoms with E-state index in [9.17, 15) is 8.42 Å². The van der Waals surface area contributed by atoms with Crippen molar-refractivity contribution in [2.75, 3.05) is 36.1 Å². The van der Waals surface area contributed by atoms with Crippen LogP contribution in [-0.4, -0.2) is 40.0 Å². The number of aliphatic hydroxyl groups is 1. The maximum atomic E-state index is 11.5. The van der Waals surface area contributed by atoms with Gasteiger partial charge in [0.25, 0.3) is 0 Å². The van der Waals surface area contributed by atoms with Gasteiger partial charge in [-0.25, -0.2) is 8.42 Å². The number of nitrogens with zero attached hydrogens (tertiary/aromatic N) is 1. The van der Waals surface area contributed by atoms with E-state index in [4.69, 9.17) is 5.11 Å². The zero-order valence-corrected chi connectivity index (χ0v) is 10.9. The van der Waals surface area contributed by atoms with Gasteiger partial charge in [0, 0.05) is 32.1 Å². The first kappa shape index (κ1) is 13.8. The molecule has 1 aromatic rings. The Kier molecular flexibility index (Phi) is 4.77. The van der Waals surface area contributed by atoms with Gasteiger partial charge in [-0.2, -0.15) is 0 Å². The molecule has 0 saturated heterocycles. The average Bonchev–Trinajstić information content (AvgIpc) is 2.26. The lowest BCUT2D eigenvalue weighted by molar-refractivity contribution is 0.295. The first-order valence-corrected chi connectivity index (χ1v) is 6.98. The van der Waals surface area contributed by atoms with Crippen LogP contribution < -0.4 is 9.62 Å². The molecule has 0 spiro atoms. The van der Waals surface area contributed by atoms with Crippen molar-refractivity contribution in [3.8, 4) is 0 Å². The highest BCUT2D eigenvalue weighted by molar-refractivity contribution is 7.92. The van der Waals surface area contributed by atoms with Crippen LogP contribution in [0.2, 0.25) is 0 Å². The van der Waals surface area contributed by atoms with E-state index >= 15 is 0 Å². The molecule has 0 atom stereocenters. The summed E-state index contributed by atoms with van der Waals surface area (Å²) in [7, 11) is 0.481. The number of hydrogen-bond acceptors (Lipinski definition) is 4. The first-order chi connectivity index (χ1) is 7.94.